The predicted molar refractivity (Wildman–Crippen MR) is 97.7 cm³/mol. The summed E-state index contributed by atoms with van der Waals surface area (Å²) in [4.78, 5) is 14.3. The highest BCUT2D eigenvalue weighted by Crippen LogP contribution is 2.41. The molecule has 142 valence electrons. The van der Waals surface area contributed by atoms with Gasteiger partial charge in [-0.3, -0.25) is 15.1 Å². The van der Waals surface area contributed by atoms with E-state index in [4.69, 9.17) is 11.1 Å². The molecule has 2 atom stereocenters. The zero-order valence-electron chi connectivity index (χ0n) is 14.9. The number of likely N-dealkylation sites (N-methyl/N-ethyl adjacent to an activating group) is 1. The Morgan fingerprint density at radius 2 is 1.93 bits per heavy atom. The summed E-state index contributed by atoms with van der Waals surface area (Å²) in [5, 5.41) is 11.2. The van der Waals surface area contributed by atoms with Crippen LogP contribution in [0.25, 0.3) is 0 Å². The van der Waals surface area contributed by atoms with Crippen LogP contribution in [0.5, 0.6) is 5.75 Å². The average Bonchev–Trinajstić information content (AvgIpc) is 2.61. The van der Waals surface area contributed by atoms with Gasteiger partial charge < -0.3 is 15.8 Å². The Labute approximate surface area is 155 Å². The molecule has 0 aromatic heterocycles. The third-order valence-electron chi connectivity index (χ3n) is 4.79. The number of nitrogens with one attached hydrogen (secondary N) is 2. The number of nitrogen functional groups attached to an aromatic ring is 1. The number of benzene rings is 2. The van der Waals surface area contributed by atoms with E-state index in [1.165, 1.54) is 24.1 Å². The standard InChI is InChI=1S/C19H20F2N4O2/c1-19(12-4-3-5-13(22)10-12)15(16(26)25(2)18(23)24-19)11-6-8-14(9-7-11)27-17(20)21/h3-10,15,17H,22H2,1-2H3,(H2,23,24)/t15-,19+/m0/s1. The van der Waals surface area contributed by atoms with Crippen LogP contribution >= 0.6 is 0 Å². The molecule has 0 aliphatic carbocycles. The molecule has 6 nitrogen and oxygen atoms in total. The van der Waals surface area contributed by atoms with Gasteiger partial charge in [0.25, 0.3) is 0 Å². The van der Waals surface area contributed by atoms with E-state index >= 15 is 0 Å². The number of alkyl halides is 2. The number of carbonyl (C=O) groups is 1. The van der Waals surface area contributed by atoms with E-state index in [0.29, 0.717) is 11.3 Å². The van der Waals surface area contributed by atoms with Crippen LogP contribution in [-0.4, -0.2) is 30.4 Å². The van der Waals surface area contributed by atoms with Crippen molar-refractivity contribution < 1.29 is 18.3 Å². The average molecular weight is 374 g/mol. The van der Waals surface area contributed by atoms with E-state index in [1.54, 1.807) is 30.3 Å². The van der Waals surface area contributed by atoms with Gasteiger partial charge in [-0.2, -0.15) is 8.78 Å². The minimum Gasteiger partial charge on any atom is -0.435 e. The second-order valence-electron chi connectivity index (χ2n) is 6.58. The van der Waals surface area contributed by atoms with E-state index in [-0.39, 0.29) is 17.6 Å². The molecule has 1 saturated heterocycles. The zero-order chi connectivity index (χ0) is 19.8. The van der Waals surface area contributed by atoms with E-state index in [2.05, 4.69) is 10.1 Å². The lowest BCUT2D eigenvalue weighted by Gasteiger charge is -2.46. The quantitative estimate of drug-likeness (QED) is 0.718. The first-order chi connectivity index (χ1) is 12.7. The summed E-state index contributed by atoms with van der Waals surface area (Å²) in [6.45, 7) is -1.10. The molecular weight excluding hydrogens is 354 g/mol. The minimum atomic E-state index is -2.92. The van der Waals surface area contributed by atoms with Crippen LogP contribution in [0.4, 0.5) is 14.5 Å². The van der Waals surface area contributed by atoms with E-state index < -0.39 is 18.1 Å². The molecule has 0 saturated carbocycles. The van der Waals surface area contributed by atoms with Gasteiger partial charge in [-0.25, -0.2) is 0 Å². The lowest BCUT2D eigenvalue weighted by atomic mass is 9.73. The normalized spacial score (nSPS) is 22.7. The number of amides is 1. The van der Waals surface area contributed by atoms with E-state index in [0.717, 1.165) is 5.56 Å². The topological polar surface area (TPSA) is 91.4 Å². The second kappa shape index (κ2) is 6.86. The highest BCUT2D eigenvalue weighted by atomic mass is 19.3. The Kier molecular flexibility index (Phi) is 4.73. The van der Waals surface area contributed by atoms with Crippen molar-refractivity contribution in [1.82, 2.24) is 10.2 Å². The second-order valence-corrected chi connectivity index (χ2v) is 6.58. The predicted octanol–water partition coefficient (Wildman–Crippen LogP) is 2.87. The maximum atomic E-state index is 13.0. The molecule has 2 aromatic rings. The maximum Gasteiger partial charge on any atom is 0.387 e. The molecule has 8 heteroatoms. The highest BCUT2D eigenvalue weighted by Gasteiger charge is 2.48. The van der Waals surface area contributed by atoms with Gasteiger partial charge in [0.2, 0.25) is 5.91 Å². The van der Waals surface area contributed by atoms with Crippen molar-refractivity contribution in [1.29, 1.82) is 5.41 Å². The molecule has 1 aliphatic heterocycles. The van der Waals surface area contributed by atoms with Crippen molar-refractivity contribution in [3.05, 3.63) is 59.7 Å². The summed E-state index contributed by atoms with van der Waals surface area (Å²) in [6.07, 6.45) is 0. The molecule has 0 radical (unpaired) electrons. The first-order valence-corrected chi connectivity index (χ1v) is 8.27. The fourth-order valence-corrected chi connectivity index (χ4v) is 3.37. The first-order valence-electron chi connectivity index (χ1n) is 8.27. The number of nitrogens with two attached hydrogens (primary N) is 1. The van der Waals surface area contributed by atoms with Crippen molar-refractivity contribution in [2.75, 3.05) is 12.8 Å². The van der Waals surface area contributed by atoms with Gasteiger partial charge in [0.05, 0.1) is 11.5 Å². The van der Waals surface area contributed by atoms with Crippen LogP contribution in [-0.2, 0) is 10.3 Å². The number of halogens is 2. The number of anilines is 1. The number of nitrogens with zero attached hydrogens (tertiary/aromatic N) is 1. The van der Waals surface area contributed by atoms with Crippen molar-refractivity contribution in [3.8, 4) is 5.75 Å². The van der Waals surface area contributed by atoms with Crippen LogP contribution in [0, 0.1) is 5.41 Å². The maximum absolute atomic E-state index is 13.0. The summed E-state index contributed by atoms with van der Waals surface area (Å²) in [5.41, 5.74) is 6.85. The van der Waals surface area contributed by atoms with Crippen molar-refractivity contribution in [2.45, 2.75) is 25.0 Å². The van der Waals surface area contributed by atoms with E-state index in [9.17, 15) is 13.6 Å². The number of hydrogen-bond donors (Lipinski definition) is 3. The first kappa shape index (κ1) is 18.6. The highest BCUT2D eigenvalue weighted by molar-refractivity contribution is 6.02. The fraction of sp³-hybridized carbons (Fsp3) is 0.263. The van der Waals surface area contributed by atoms with Crippen molar-refractivity contribution in [2.24, 2.45) is 0 Å². The van der Waals surface area contributed by atoms with Gasteiger partial charge >= 0.3 is 6.61 Å². The molecule has 3 rings (SSSR count). The minimum absolute atomic E-state index is 0.0109. The van der Waals surface area contributed by atoms with E-state index in [1.807, 2.05) is 13.0 Å². The molecule has 0 spiro atoms. The summed E-state index contributed by atoms with van der Waals surface area (Å²) in [7, 11) is 1.51. The van der Waals surface area contributed by atoms with Gasteiger partial charge in [-0.15, -0.1) is 0 Å². The summed E-state index contributed by atoms with van der Waals surface area (Å²) in [5.74, 6) is -0.999. The third kappa shape index (κ3) is 3.42. The van der Waals surface area contributed by atoms with Gasteiger partial charge in [0.15, 0.2) is 5.96 Å². The number of rotatable bonds is 4. The lowest BCUT2D eigenvalue weighted by Crippen LogP contribution is -2.62. The Morgan fingerprint density at radius 1 is 1.26 bits per heavy atom. The number of carbonyl (C=O) groups excluding carboxylic acids is 1. The van der Waals surface area contributed by atoms with Gasteiger partial charge in [-0.05, 0) is 42.3 Å². The van der Waals surface area contributed by atoms with Crippen LogP contribution in [0.15, 0.2) is 48.5 Å². The summed E-state index contributed by atoms with van der Waals surface area (Å²) < 4.78 is 29.2. The molecule has 27 heavy (non-hydrogen) atoms. The Bertz CT molecular complexity index is 872. The summed E-state index contributed by atoms with van der Waals surface area (Å²) in [6, 6.07) is 13.0. The fourth-order valence-electron chi connectivity index (χ4n) is 3.37. The van der Waals surface area contributed by atoms with Crippen LogP contribution in [0.1, 0.15) is 24.0 Å². The van der Waals surface area contributed by atoms with Gasteiger partial charge in [0, 0.05) is 12.7 Å². The summed E-state index contributed by atoms with van der Waals surface area (Å²) >= 11 is 0. The Balaban J connectivity index is 2.07. The zero-order valence-corrected chi connectivity index (χ0v) is 14.9. The van der Waals surface area contributed by atoms with Crippen LogP contribution in [0.3, 0.4) is 0 Å². The SMILES string of the molecule is CN1C(=N)N[C@](C)(c2cccc(N)c2)[C@@H](c2ccc(OC(F)F)cc2)C1=O. The Hall–Kier alpha value is -3.16. The van der Waals surface area contributed by atoms with Gasteiger partial charge in [-0.1, -0.05) is 24.3 Å². The Morgan fingerprint density at radius 3 is 2.52 bits per heavy atom. The lowest BCUT2D eigenvalue weighted by molar-refractivity contribution is -0.131. The van der Waals surface area contributed by atoms with Crippen molar-refractivity contribution in [3.63, 3.8) is 0 Å². The third-order valence-corrected chi connectivity index (χ3v) is 4.79. The number of ether oxygens (including phenoxy) is 1. The smallest absolute Gasteiger partial charge is 0.387 e. The molecule has 2 aromatic carbocycles. The molecule has 1 aliphatic rings. The molecule has 0 bridgehead atoms. The molecular formula is C19H20F2N4O2. The molecule has 0 unspecified atom stereocenters. The molecule has 4 N–H and O–H groups in total. The van der Waals surface area contributed by atoms with Crippen LogP contribution < -0.4 is 15.8 Å². The number of hydrogen-bond acceptors (Lipinski definition) is 4. The van der Waals surface area contributed by atoms with Crippen LogP contribution in [0.2, 0.25) is 0 Å². The molecule has 1 fully saturated rings. The number of guanidine groups is 1. The molecule has 1 amide bonds. The largest absolute Gasteiger partial charge is 0.435 e. The van der Waals surface area contributed by atoms with Crippen molar-refractivity contribution >= 4 is 17.6 Å². The molecule has 1 heterocycles. The van der Waals surface area contributed by atoms with Gasteiger partial charge in [0.1, 0.15) is 5.75 Å². The monoisotopic (exact) mass is 374 g/mol.